The highest BCUT2D eigenvalue weighted by Crippen LogP contribution is 2.33. The summed E-state index contributed by atoms with van der Waals surface area (Å²) in [5.74, 6) is -1.71. The monoisotopic (exact) mass is 386 g/mol. The molecule has 0 aromatic heterocycles. The predicted octanol–water partition coefficient (Wildman–Crippen LogP) is 3.75. The van der Waals surface area contributed by atoms with E-state index in [-0.39, 0.29) is 12.5 Å². The van der Waals surface area contributed by atoms with E-state index in [1.807, 2.05) is 35.2 Å². The van der Waals surface area contributed by atoms with E-state index in [1.54, 1.807) is 11.0 Å². The van der Waals surface area contributed by atoms with Gasteiger partial charge in [0.05, 0.1) is 6.61 Å². The van der Waals surface area contributed by atoms with Gasteiger partial charge in [0.2, 0.25) is 0 Å². The summed E-state index contributed by atoms with van der Waals surface area (Å²) in [4.78, 5) is 17.3. The smallest absolute Gasteiger partial charge is 0.260 e. The van der Waals surface area contributed by atoms with Crippen LogP contribution in [0.4, 0.5) is 14.5 Å². The van der Waals surface area contributed by atoms with Crippen LogP contribution in [0.3, 0.4) is 0 Å². The molecule has 0 aliphatic carbocycles. The molecule has 148 valence electrons. The van der Waals surface area contributed by atoms with Gasteiger partial charge in [0, 0.05) is 37.4 Å². The van der Waals surface area contributed by atoms with Gasteiger partial charge in [0.15, 0.2) is 17.2 Å². The molecule has 2 heterocycles. The maximum Gasteiger partial charge on any atom is 0.260 e. The number of anilines is 1. The quantitative estimate of drug-likeness (QED) is 0.805. The van der Waals surface area contributed by atoms with E-state index < -0.39 is 17.2 Å². The molecule has 2 aliphatic heterocycles. The first kappa shape index (κ1) is 19.0. The average Bonchev–Trinajstić information content (AvgIpc) is 2.86. The van der Waals surface area contributed by atoms with Gasteiger partial charge >= 0.3 is 0 Å². The van der Waals surface area contributed by atoms with E-state index in [1.165, 1.54) is 6.07 Å². The summed E-state index contributed by atoms with van der Waals surface area (Å²) < 4.78 is 33.7. The second kappa shape index (κ2) is 7.97. The number of benzene rings is 2. The number of nitrogens with zero attached hydrogens (tertiary/aromatic N) is 2. The zero-order valence-corrected chi connectivity index (χ0v) is 15.7. The molecule has 0 N–H and O–H groups in total. The van der Waals surface area contributed by atoms with Crippen molar-refractivity contribution in [3.63, 3.8) is 0 Å². The highest BCUT2D eigenvalue weighted by atomic mass is 19.2. The fourth-order valence-electron chi connectivity index (χ4n) is 4.17. The van der Waals surface area contributed by atoms with E-state index in [0.29, 0.717) is 38.2 Å². The van der Waals surface area contributed by atoms with Crippen molar-refractivity contribution >= 4 is 11.6 Å². The largest absolute Gasteiger partial charge is 0.362 e. The minimum atomic E-state index is -0.936. The Kier molecular flexibility index (Phi) is 5.42. The summed E-state index contributed by atoms with van der Waals surface area (Å²) in [5.41, 5.74) is 0.234. The van der Waals surface area contributed by atoms with Crippen molar-refractivity contribution in [1.29, 1.82) is 0 Å². The molecule has 2 aromatic rings. The Balaban J connectivity index is 1.57. The Bertz CT molecular complexity index is 846. The fraction of sp³-hybridized carbons (Fsp3) is 0.409. The Morgan fingerprint density at radius 1 is 1.00 bits per heavy atom. The number of halogens is 2. The number of para-hydroxylation sites is 1. The molecule has 2 fully saturated rings. The maximum absolute atomic E-state index is 14.1. The van der Waals surface area contributed by atoms with Crippen LogP contribution >= 0.6 is 0 Å². The number of carbonyl (C=O) groups excluding carboxylic acids is 1. The first-order valence-corrected chi connectivity index (χ1v) is 9.75. The lowest BCUT2D eigenvalue weighted by molar-refractivity contribution is -0.158. The van der Waals surface area contributed by atoms with Crippen LogP contribution in [0.5, 0.6) is 0 Å². The molecular formula is C22H24F2N2O2. The van der Waals surface area contributed by atoms with Crippen LogP contribution in [0.15, 0.2) is 48.5 Å². The normalized spacial score (nSPS) is 23.8. The lowest BCUT2D eigenvalue weighted by Gasteiger charge is -2.42. The number of amides is 1. The minimum absolute atomic E-state index is 0.0411. The first-order chi connectivity index (χ1) is 13.6. The van der Waals surface area contributed by atoms with Gasteiger partial charge in [-0.1, -0.05) is 30.3 Å². The van der Waals surface area contributed by atoms with Crippen molar-refractivity contribution in [1.82, 2.24) is 4.90 Å². The molecule has 0 radical (unpaired) electrons. The Hall–Kier alpha value is -2.31. The van der Waals surface area contributed by atoms with Gasteiger partial charge < -0.3 is 9.64 Å². The van der Waals surface area contributed by atoms with E-state index in [2.05, 4.69) is 0 Å². The molecule has 4 rings (SSSR count). The third-order valence-corrected chi connectivity index (χ3v) is 5.61. The van der Waals surface area contributed by atoms with E-state index in [0.717, 1.165) is 24.6 Å². The molecule has 2 aliphatic rings. The number of ether oxygens (including phenoxy) is 1. The van der Waals surface area contributed by atoms with Gasteiger partial charge in [-0.15, -0.1) is 0 Å². The second-order valence-corrected chi connectivity index (χ2v) is 7.52. The summed E-state index contributed by atoms with van der Waals surface area (Å²) in [5, 5.41) is 0. The molecular weight excluding hydrogens is 362 g/mol. The minimum Gasteiger partial charge on any atom is -0.362 e. The third-order valence-electron chi connectivity index (χ3n) is 5.61. The van der Waals surface area contributed by atoms with E-state index in [4.69, 9.17) is 4.74 Å². The highest BCUT2D eigenvalue weighted by molar-refractivity contribution is 6.00. The molecule has 4 nitrogen and oxygen atoms in total. The topological polar surface area (TPSA) is 32.8 Å². The molecule has 2 saturated heterocycles. The molecule has 1 amide bonds. The van der Waals surface area contributed by atoms with Crippen LogP contribution in [0.2, 0.25) is 0 Å². The number of hydrogen-bond donors (Lipinski definition) is 0. The van der Waals surface area contributed by atoms with Gasteiger partial charge in [-0.3, -0.25) is 9.69 Å². The summed E-state index contributed by atoms with van der Waals surface area (Å²) in [7, 11) is 0. The molecule has 28 heavy (non-hydrogen) atoms. The maximum atomic E-state index is 14.1. The Morgan fingerprint density at radius 2 is 1.82 bits per heavy atom. The summed E-state index contributed by atoms with van der Waals surface area (Å²) >= 11 is 0. The van der Waals surface area contributed by atoms with Gasteiger partial charge in [0.1, 0.15) is 0 Å². The molecule has 1 spiro atoms. The van der Waals surface area contributed by atoms with Gasteiger partial charge in [0.25, 0.3) is 5.91 Å². The van der Waals surface area contributed by atoms with Crippen LogP contribution in [0.25, 0.3) is 0 Å². The van der Waals surface area contributed by atoms with Crippen LogP contribution in [0.1, 0.15) is 24.8 Å². The second-order valence-electron chi connectivity index (χ2n) is 7.52. The van der Waals surface area contributed by atoms with Crippen LogP contribution in [-0.2, 0) is 16.1 Å². The van der Waals surface area contributed by atoms with Gasteiger partial charge in [-0.05, 0) is 37.5 Å². The van der Waals surface area contributed by atoms with Crippen molar-refractivity contribution in [2.75, 3.05) is 31.1 Å². The van der Waals surface area contributed by atoms with Gasteiger partial charge in [-0.2, -0.15) is 0 Å². The van der Waals surface area contributed by atoms with Crippen molar-refractivity contribution in [3.8, 4) is 0 Å². The Labute approximate surface area is 163 Å². The third kappa shape index (κ3) is 3.66. The molecule has 1 atom stereocenters. The standard InChI is InChI=1S/C22H24F2N2O2/c23-19-10-6-7-17(20(19)24)15-25-13-14-28-22(16-25)11-4-5-12-26(21(22)27)18-8-2-1-3-9-18/h1-3,6-10H,4-5,11-16H2. The average molecular weight is 386 g/mol. The number of morpholine rings is 1. The molecule has 0 bridgehead atoms. The lowest BCUT2D eigenvalue weighted by Crippen LogP contribution is -2.59. The zero-order valence-electron chi connectivity index (χ0n) is 15.7. The zero-order chi connectivity index (χ0) is 19.6. The van der Waals surface area contributed by atoms with E-state index >= 15 is 0 Å². The SMILES string of the molecule is O=C1N(c2ccccc2)CCCCC12CN(Cc1cccc(F)c1F)CCO2. The van der Waals surface area contributed by atoms with Crippen molar-refractivity contribution in [2.24, 2.45) is 0 Å². The van der Waals surface area contributed by atoms with Crippen LogP contribution in [0, 0.1) is 11.6 Å². The van der Waals surface area contributed by atoms with Crippen molar-refractivity contribution < 1.29 is 18.3 Å². The first-order valence-electron chi connectivity index (χ1n) is 9.75. The highest BCUT2D eigenvalue weighted by Gasteiger charge is 2.47. The van der Waals surface area contributed by atoms with Crippen LogP contribution < -0.4 is 4.90 Å². The van der Waals surface area contributed by atoms with Crippen molar-refractivity contribution in [2.45, 2.75) is 31.4 Å². The predicted molar refractivity (Wildman–Crippen MR) is 103 cm³/mol. The molecule has 2 aromatic carbocycles. The summed E-state index contributed by atoms with van der Waals surface area (Å²) in [6.07, 6.45) is 2.43. The van der Waals surface area contributed by atoms with E-state index in [9.17, 15) is 13.6 Å². The Morgan fingerprint density at radius 3 is 2.64 bits per heavy atom. The fourth-order valence-corrected chi connectivity index (χ4v) is 4.17. The number of hydrogen-bond acceptors (Lipinski definition) is 3. The molecule has 6 heteroatoms. The van der Waals surface area contributed by atoms with Gasteiger partial charge in [-0.25, -0.2) is 8.78 Å². The summed E-state index contributed by atoms with van der Waals surface area (Å²) in [6, 6.07) is 13.8. The molecule has 0 saturated carbocycles. The lowest BCUT2D eigenvalue weighted by atomic mass is 9.93. The number of rotatable bonds is 3. The number of carbonyl (C=O) groups is 1. The molecule has 1 unspecified atom stereocenters. The summed E-state index contributed by atoms with van der Waals surface area (Å²) in [6.45, 7) is 2.27. The van der Waals surface area contributed by atoms with Crippen molar-refractivity contribution in [3.05, 3.63) is 65.7 Å². The van der Waals surface area contributed by atoms with Crippen LogP contribution in [-0.4, -0.2) is 42.6 Å².